The van der Waals surface area contributed by atoms with Crippen molar-refractivity contribution in [2.24, 2.45) is 0 Å². The highest BCUT2D eigenvalue weighted by Gasteiger charge is 2.49. The molecule has 0 radical (unpaired) electrons. The molecule has 1 aromatic carbocycles. The summed E-state index contributed by atoms with van der Waals surface area (Å²) in [5.41, 5.74) is -0.533. The normalized spacial score (nSPS) is 20.5. The van der Waals surface area contributed by atoms with Gasteiger partial charge in [0.1, 0.15) is 5.54 Å². The molecule has 126 valence electrons. The minimum atomic E-state index is -1.16. The van der Waals surface area contributed by atoms with E-state index in [2.05, 4.69) is 20.8 Å². The van der Waals surface area contributed by atoms with Crippen LogP contribution in [0.15, 0.2) is 24.3 Å². The molecule has 2 heterocycles. The van der Waals surface area contributed by atoms with Crippen LogP contribution < -0.4 is 5.32 Å². The van der Waals surface area contributed by atoms with Crippen molar-refractivity contribution in [2.75, 3.05) is 0 Å². The lowest BCUT2D eigenvalue weighted by molar-refractivity contribution is -0.131. The second kappa shape index (κ2) is 6.20. The molecule has 3 rings (SSSR count). The van der Waals surface area contributed by atoms with Crippen molar-refractivity contribution < 1.29 is 9.59 Å². The summed E-state index contributed by atoms with van der Waals surface area (Å²) < 4.78 is 1.59. The first-order chi connectivity index (χ1) is 11.5. The van der Waals surface area contributed by atoms with Gasteiger partial charge in [0.15, 0.2) is 5.82 Å². The first-order valence-electron chi connectivity index (χ1n) is 7.61. The molecule has 1 aliphatic heterocycles. The summed E-state index contributed by atoms with van der Waals surface area (Å²) in [7, 11) is 0. The maximum atomic E-state index is 12.9. The number of urea groups is 1. The van der Waals surface area contributed by atoms with Crippen LogP contribution in [0, 0.1) is 0 Å². The predicted octanol–water partition coefficient (Wildman–Crippen LogP) is 1.70. The Kier molecular flexibility index (Phi) is 4.23. The number of nitrogens with one attached hydrogen (secondary N) is 1. The number of hydrogen-bond acceptors (Lipinski definition) is 5. The molecule has 3 amide bonds. The lowest BCUT2D eigenvalue weighted by Gasteiger charge is -2.22. The van der Waals surface area contributed by atoms with E-state index in [4.69, 9.17) is 11.6 Å². The number of benzene rings is 1. The topological polar surface area (TPSA) is 93.0 Å². The summed E-state index contributed by atoms with van der Waals surface area (Å²) in [6, 6.07) is 6.41. The number of aryl methyl sites for hydroxylation is 1. The molecule has 0 spiro atoms. The minimum Gasteiger partial charge on any atom is -0.319 e. The zero-order valence-electron chi connectivity index (χ0n) is 13.4. The van der Waals surface area contributed by atoms with Crippen LogP contribution in [0.5, 0.6) is 0 Å². The maximum absolute atomic E-state index is 12.9. The van der Waals surface area contributed by atoms with Gasteiger partial charge in [-0.1, -0.05) is 30.7 Å². The maximum Gasteiger partial charge on any atom is 0.325 e. The van der Waals surface area contributed by atoms with Gasteiger partial charge < -0.3 is 5.32 Å². The van der Waals surface area contributed by atoms with Crippen LogP contribution in [0.25, 0.3) is 0 Å². The van der Waals surface area contributed by atoms with Crippen LogP contribution in [0.4, 0.5) is 4.79 Å². The van der Waals surface area contributed by atoms with Gasteiger partial charge in [0.05, 0.1) is 6.54 Å². The summed E-state index contributed by atoms with van der Waals surface area (Å²) in [6.45, 7) is 4.30. The molecule has 0 aliphatic carbocycles. The Morgan fingerprint density at radius 3 is 2.83 bits per heavy atom. The third kappa shape index (κ3) is 2.73. The third-order valence-corrected chi connectivity index (χ3v) is 4.25. The largest absolute Gasteiger partial charge is 0.325 e. The van der Waals surface area contributed by atoms with Crippen molar-refractivity contribution in [1.29, 1.82) is 0 Å². The van der Waals surface area contributed by atoms with Gasteiger partial charge in [-0.05, 0) is 41.5 Å². The van der Waals surface area contributed by atoms with E-state index in [0.29, 0.717) is 23.0 Å². The Balaban J connectivity index is 1.88. The zero-order valence-corrected chi connectivity index (χ0v) is 14.1. The second-order valence-corrected chi connectivity index (χ2v) is 6.21. The van der Waals surface area contributed by atoms with Gasteiger partial charge in [-0.3, -0.25) is 9.69 Å². The van der Waals surface area contributed by atoms with Gasteiger partial charge in [-0.25, -0.2) is 9.48 Å². The Morgan fingerprint density at radius 2 is 2.12 bits per heavy atom. The fraction of sp³-hybridized carbons (Fsp3) is 0.400. The predicted molar refractivity (Wildman–Crippen MR) is 86.0 cm³/mol. The molecule has 9 heteroatoms. The molecule has 0 saturated carbocycles. The van der Waals surface area contributed by atoms with E-state index in [1.807, 2.05) is 6.92 Å². The summed E-state index contributed by atoms with van der Waals surface area (Å²) in [4.78, 5) is 26.3. The summed E-state index contributed by atoms with van der Waals surface area (Å²) in [6.07, 6.45) is 0.846. The van der Waals surface area contributed by atoms with Crippen LogP contribution in [0.1, 0.15) is 31.7 Å². The third-order valence-electron chi connectivity index (χ3n) is 4.02. The number of tetrazole rings is 1. The van der Waals surface area contributed by atoms with Gasteiger partial charge in [0.2, 0.25) is 0 Å². The molecule has 0 unspecified atom stereocenters. The highest BCUT2D eigenvalue weighted by Crippen LogP contribution is 2.30. The Morgan fingerprint density at radius 1 is 1.33 bits per heavy atom. The van der Waals surface area contributed by atoms with Crippen LogP contribution in [-0.2, 0) is 23.4 Å². The van der Waals surface area contributed by atoms with E-state index in [1.54, 1.807) is 35.9 Å². The van der Waals surface area contributed by atoms with Gasteiger partial charge in [-0.15, -0.1) is 5.10 Å². The van der Waals surface area contributed by atoms with E-state index in [-0.39, 0.29) is 12.5 Å². The molecule has 1 aliphatic rings. The fourth-order valence-electron chi connectivity index (χ4n) is 2.70. The SMILES string of the molecule is CCCn1nnnc1CN1C(=O)N[C@](C)(c2cccc(Cl)c2)C1=O. The summed E-state index contributed by atoms with van der Waals surface area (Å²) >= 11 is 6.01. The van der Waals surface area contributed by atoms with Gasteiger partial charge >= 0.3 is 6.03 Å². The van der Waals surface area contributed by atoms with Gasteiger partial charge in [-0.2, -0.15) is 0 Å². The summed E-state index contributed by atoms with van der Waals surface area (Å²) in [5.74, 6) is 0.108. The van der Waals surface area contributed by atoms with Crippen LogP contribution in [0.2, 0.25) is 5.02 Å². The molecule has 1 fully saturated rings. The molecule has 8 nitrogen and oxygen atoms in total. The molecule has 0 bridgehead atoms. The number of amides is 3. The lowest BCUT2D eigenvalue weighted by atomic mass is 9.92. The first-order valence-corrected chi connectivity index (χ1v) is 7.98. The van der Waals surface area contributed by atoms with Crippen molar-refractivity contribution in [3.63, 3.8) is 0 Å². The van der Waals surface area contributed by atoms with Crippen molar-refractivity contribution in [1.82, 2.24) is 30.4 Å². The standard InChI is InChI=1S/C15H17ClN6O2/c1-3-7-22-12(18-19-20-22)9-21-13(23)15(2,17-14(21)24)10-5-4-6-11(16)8-10/h4-6,8H,3,7,9H2,1-2H3,(H,17,24)/t15-/m1/s1. The number of carbonyl (C=O) groups excluding carboxylic acids is 2. The van der Waals surface area contributed by atoms with E-state index in [1.165, 1.54) is 0 Å². The molecular weight excluding hydrogens is 332 g/mol. The highest BCUT2D eigenvalue weighted by atomic mass is 35.5. The molecule has 1 N–H and O–H groups in total. The van der Waals surface area contributed by atoms with Crippen LogP contribution in [-0.4, -0.2) is 37.0 Å². The Bertz CT molecular complexity index is 792. The Hall–Kier alpha value is -2.48. The Labute approximate surface area is 143 Å². The quantitative estimate of drug-likeness (QED) is 0.830. The van der Waals surface area contributed by atoms with Gasteiger partial charge in [0, 0.05) is 11.6 Å². The van der Waals surface area contributed by atoms with Crippen LogP contribution >= 0.6 is 11.6 Å². The number of imide groups is 1. The van der Waals surface area contributed by atoms with Crippen LogP contribution in [0.3, 0.4) is 0 Å². The monoisotopic (exact) mass is 348 g/mol. The first kappa shape index (κ1) is 16.4. The molecule has 1 saturated heterocycles. The molecule has 24 heavy (non-hydrogen) atoms. The number of carbonyl (C=O) groups is 2. The molecule has 1 aromatic heterocycles. The van der Waals surface area contributed by atoms with E-state index >= 15 is 0 Å². The second-order valence-electron chi connectivity index (χ2n) is 5.78. The van der Waals surface area contributed by atoms with E-state index in [0.717, 1.165) is 11.3 Å². The number of hydrogen-bond donors (Lipinski definition) is 1. The van der Waals surface area contributed by atoms with E-state index in [9.17, 15) is 9.59 Å². The average molecular weight is 349 g/mol. The zero-order chi connectivity index (χ0) is 17.3. The van der Waals surface area contributed by atoms with Crippen molar-refractivity contribution in [3.8, 4) is 0 Å². The van der Waals surface area contributed by atoms with Crippen molar-refractivity contribution in [2.45, 2.75) is 38.9 Å². The molecular formula is C15H17ClN6O2. The van der Waals surface area contributed by atoms with Gasteiger partial charge in [0.25, 0.3) is 5.91 Å². The van der Waals surface area contributed by atoms with E-state index < -0.39 is 11.6 Å². The molecule has 2 aromatic rings. The summed E-state index contributed by atoms with van der Waals surface area (Å²) in [5, 5.41) is 14.6. The average Bonchev–Trinajstić information content (AvgIpc) is 3.07. The molecule has 1 atom stereocenters. The highest BCUT2D eigenvalue weighted by molar-refractivity contribution is 6.30. The number of aromatic nitrogens is 4. The smallest absolute Gasteiger partial charge is 0.319 e. The minimum absolute atomic E-state index is 0.0216. The lowest BCUT2D eigenvalue weighted by Crippen LogP contribution is -2.40. The fourth-order valence-corrected chi connectivity index (χ4v) is 2.89. The van der Waals surface area contributed by atoms with Crippen molar-refractivity contribution in [3.05, 3.63) is 40.7 Å². The number of halogens is 1. The number of nitrogens with zero attached hydrogens (tertiary/aromatic N) is 5. The number of rotatable bonds is 5. The van der Waals surface area contributed by atoms with Crippen molar-refractivity contribution >= 4 is 23.5 Å².